The molecule has 0 aromatic heterocycles. The smallest absolute Gasteiger partial charge is 0.320 e. The Kier molecular flexibility index (Phi) is 7.05. The van der Waals surface area contributed by atoms with E-state index < -0.39 is 18.1 Å². The van der Waals surface area contributed by atoms with E-state index in [1.54, 1.807) is 29.2 Å². The van der Waals surface area contributed by atoms with Crippen LogP contribution in [-0.2, 0) is 16.1 Å². The van der Waals surface area contributed by atoms with Crippen molar-refractivity contribution in [3.8, 4) is 5.75 Å². The number of nitrogens with one attached hydrogen (secondary N) is 1. The Labute approximate surface area is 187 Å². The number of rotatable bonds is 7. The molecule has 2 aromatic carbocycles. The van der Waals surface area contributed by atoms with Crippen molar-refractivity contribution in [3.63, 3.8) is 0 Å². The maximum absolute atomic E-state index is 13.5. The number of para-hydroxylation sites is 2. The van der Waals surface area contributed by atoms with Crippen LogP contribution >= 0.6 is 0 Å². The Morgan fingerprint density at radius 3 is 2.56 bits per heavy atom. The van der Waals surface area contributed by atoms with E-state index in [0.717, 1.165) is 31.2 Å². The number of hydrogen-bond acceptors (Lipinski definition) is 4. The first-order valence-electron chi connectivity index (χ1n) is 11.3. The molecule has 1 heterocycles. The van der Waals surface area contributed by atoms with E-state index in [-0.39, 0.29) is 24.9 Å². The van der Waals surface area contributed by atoms with Gasteiger partial charge in [-0.05, 0) is 42.2 Å². The minimum atomic E-state index is -0.949. The van der Waals surface area contributed by atoms with E-state index in [0.29, 0.717) is 23.8 Å². The third-order valence-corrected chi connectivity index (χ3v) is 6.37. The number of carbonyl (C=O) groups excluding carboxylic acids is 1. The van der Waals surface area contributed by atoms with Gasteiger partial charge in [0, 0.05) is 0 Å². The maximum atomic E-state index is 13.5. The van der Waals surface area contributed by atoms with E-state index in [2.05, 4.69) is 5.32 Å². The zero-order chi connectivity index (χ0) is 22.5. The summed E-state index contributed by atoms with van der Waals surface area (Å²) in [6.07, 6.45) is 6.02. The highest BCUT2D eigenvalue weighted by Gasteiger charge is 2.35. The summed E-state index contributed by atoms with van der Waals surface area (Å²) in [4.78, 5) is 27.1. The summed E-state index contributed by atoms with van der Waals surface area (Å²) in [6.45, 7) is 0.280. The van der Waals surface area contributed by atoms with Gasteiger partial charge in [0.15, 0.2) is 0 Å². The molecule has 0 bridgehead atoms. The highest BCUT2D eigenvalue weighted by molar-refractivity contribution is 5.99. The predicted octanol–water partition coefficient (Wildman–Crippen LogP) is 4.13. The number of carbonyl (C=O) groups is 2. The molecule has 170 valence electrons. The second-order valence-corrected chi connectivity index (χ2v) is 8.68. The molecule has 1 aliphatic carbocycles. The van der Waals surface area contributed by atoms with E-state index in [1.807, 2.05) is 12.1 Å². The minimum Gasteiger partial charge on any atom is -0.489 e. The van der Waals surface area contributed by atoms with Crippen molar-refractivity contribution in [1.29, 1.82) is 0 Å². The molecular weight excluding hydrogens is 411 g/mol. The fourth-order valence-corrected chi connectivity index (χ4v) is 4.65. The van der Waals surface area contributed by atoms with Gasteiger partial charge in [0.2, 0.25) is 5.91 Å². The molecule has 1 aliphatic heterocycles. The zero-order valence-corrected chi connectivity index (χ0v) is 18.0. The van der Waals surface area contributed by atoms with Crippen molar-refractivity contribution in [2.45, 2.75) is 57.2 Å². The van der Waals surface area contributed by atoms with E-state index in [1.165, 1.54) is 18.6 Å². The van der Waals surface area contributed by atoms with Crippen LogP contribution in [0, 0.1) is 11.7 Å². The van der Waals surface area contributed by atoms with Gasteiger partial charge in [0.05, 0.1) is 12.2 Å². The number of hydrogen-bond donors (Lipinski definition) is 2. The number of carboxylic acid groups (broad SMARTS) is 1. The molecule has 7 heteroatoms. The van der Waals surface area contributed by atoms with Crippen LogP contribution in [0.25, 0.3) is 0 Å². The summed E-state index contributed by atoms with van der Waals surface area (Å²) in [5.41, 5.74) is 1.39. The number of ether oxygens (including phenoxy) is 1. The van der Waals surface area contributed by atoms with Crippen molar-refractivity contribution >= 4 is 17.6 Å². The summed E-state index contributed by atoms with van der Waals surface area (Å²) in [5, 5.41) is 12.9. The molecule has 0 saturated heterocycles. The van der Waals surface area contributed by atoms with Crippen molar-refractivity contribution in [1.82, 2.24) is 5.32 Å². The Hall–Kier alpha value is -2.93. The van der Waals surface area contributed by atoms with E-state index in [4.69, 9.17) is 4.74 Å². The lowest BCUT2D eigenvalue weighted by molar-refractivity contribution is -0.140. The summed E-state index contributed by atoms with van der Waals surface area (Å²) < 4.78 is 19.3. The average molecular weight is 441 g/mol. The summed E-state index contributed by atoms with van der Waals surface area (Å²) in [7, 11) is 0. The van der Waals surface area contributed by atoms with Crippen LogP contribution < -0.4 is 15.0 Å². The van der Waals surface area contributed by atoms with Crippen LogP contribution in [0.1, 0.15) is 44.1 Å². The number of aliphatic carboxylic acids is 1. The molecule has 2 aliphatic rings. The summed E-state index contributed by atoms with van der Waals surface area (Å²) >= 11 is 0. The van der Waals surface area contributed by atoms with Crippen LogP contribution in [0.3, 0.4) is 0 Å². The van der Waals surface area contributed by atoms with Crippen molar-refractivity contribution in [2.24, 2.45) is 5.92 Å². The standard InChI is InChI=1S/C25H29FN2O4/c26-19-12-10-18(11-13-19)15-28-22-8-4-5-9-23(22)32-16-21(24(28)29)27-20(25(30)31)14-17-6-2-1-3-7-17/h4-5,8-13,17,20-21,27H,1-3,6-7,14-16H2,(H,30,31)/t20-,21?/m0/s1. The number of benzene rings is 2. The summed E-state index contributed by atoms with van der Waals surface area (Å²) in [6, 6.07) is 11.6. The molecule has 1 fully saturated rings. The molecule has 0 radical (unpaired) electrons. The average Bonchev–Trinajstić information content (AvgIpc) is 2.93. The fraction of sp³-hybridized carbons (Fsp3) is 0.440. The monoisotopic (exact) mass is 440 g/mol. The molecule has 6 nitrogen and oxygen atoms in total. The quantitative estimate of drug-likeness (QED) is 0.677. The van der Waals surface area contributed by atoms with Crippen molar-refractivity contribution < 1.29 is 23.8 Å². The Bertz CT molecular complexity index is 943. The van der Waals surface area contributed by atoms with E-state index in [9.17, 15) is 19.1 Å². The minimum absolute atomic E-state index is 0.0458. The number of nitrogens with zero attached hydrogens (tertiary/aromatic N) is 1. The number of halogens is 1. The highest BCUT2D eigenvalue weighted by Crippen LogP contribution is 2.33. The molecule has 1 saturated carbocycles. The topological polar surface area (TPSA) is 78.9 Å². The van der Waals surface area contributed by atoms with Gasteiger partial charge in [0.1, 0.15) is 30.3 Å². The molecule has 2 atom stereocenters. The zero-order valence-electron chi connectivity index (χ0n) is 18.0. The van der Waals surface area contributed by atoms with Gasteiger partial charge in [0.25, 0.3) is 0 Å². The van der Waals surface area contributed by atoms with Crippen LogP contribution in [-0.4, -0.2) is 35.7 Å². The molecule has 4 rings (SSSR count). The first kappa shape index (κ1) is 22.3. The van der Waals surface area contributed by atoms with Crippen LogP contribution in [0.2, 0.25) is 0 Å². The third kappa shape index (κ3) is 5.27. The maximum Gasteiger partial charge on any atom is 0.320 e. The molecule has 1 amide bonds. The first-order valence-corrected chi connectivity index (χ1v) is 11.3. The molecule has 1 unspecified atom stereocenters. The van der Waals surface area contributed by atoms with Crippen LogP contribution in [0.4, 0.5) is 10.1 Å². The predicted molar refractivity (Wildman–Crippen MR) is 119 cm³/mol. The second-order valence-electron chi connectivity index (χ2n) is 8.68. The van der Waals surface area contributed by atoms with E-state index >= 15 is 0 Å². The molecule has 2 aromatic rings. The van der Waals surface area contributed by atoms with Gasteiger partial charge < -0.3 is 14.7 Å². The first-order chi connectivity index (χ1) is 15.5. The van der Waals surface area contributed by atoms with Gasteiger partial charge in [-0.25, -0.2) is 4.39 Å². The second kappa shape index (κ2) is 10.1. The molecule has 2 N–H and O–H groups in total. The van der Waals surface area contributed by atoms with Gasteiger partial charge >= 0.3 is 5.97 Å². The Morgan fingerprint density at radius 1 is 1.12 bits per heavy atom. The number of fused-ring (bicyclic) bond motifs is 1. The number of anilines is 1. The van der Waals surface area contributed by atoms with Crippen molar-refractivity contribution in [2.75, 3.05) is 11.5 Å². The lowest BCUT2D eigenvalue weighted by atomic mass is 9.84. The SMILES string of the molecule is O=C(O)[C@H](CC1CCCCC1)NC1COc2ccccc2N(Cc2ccc(F)cc2)C1=O. The molecule has 32 heavy (non-hydrogen) atoms. The highest BCUT2D eigenvalue weighted by atomic mass is 19.1. The van der Waals surface area contributed by atoms with Gasteiger partial charge in [-0.2, -0.15) is 0 Å². The lowest BCUT2D eigenvalue weighted by Crippen LogP contribution is -2.54. The van der Waals surface area contributed by atoms with Gasteiger partial charge in [-0.15, -0.1) is 0 Å². The lowest BCUT2D eigenvalue weighted by Gasteiger charge is -2.29. The van der Waals surface area contributed by atoms with Crippen molar-refractivity contribution in [3.05, 3.63) is 59.9 Å². The third-order valence-electron chi connectivity index (χ3n) is 6.37. The van der Waals surface area contributed by atoms with Crippen LogP contribution in [0.15, 0.2) is 48.5 Å². The van der Waals surface area contributed by atoms with Gasteiger partial charge in [-0.3, -0.25) is 14.9 Å². The number of carboxylic acids is 1. The largest absolute Gasteiger partial charge is 0.489 e. The van der Waals surface area contributed by atoms with Crippen LogP contribution in [0.5, 0.6) is 5.75 Å². The normalized spacial score (nSPS) is 20.2. The Balaban J connectivity index is 1.55. The molecule has 0 spiro atoms. The number of amides is 1. The van der Waals surface area contributed by atoms with Gasteiger partial charge in [-0.1, -0.05) is 56.4 Å². The fourth-order valence-electron chi connectivity index (χ4n) is 4.65. The Morgan fingerprint density at radius 2 is 1.84 bits per heavy atom. The summed E-state index contributed by atoms with van der Waals surface area (Å²) in [5.74, 6) is -0.631. The molecular formula is C25H29FN2O4.